The van der Waals surface area contributed by atoms with Gasteiger partial charge >= 0.3 is 0 Å². The maximum atomic E-state index is 4.58. The molecule has 4 nitrogen and oxygen atoms in total. The number of aromatic nitrogens is 2. The average molecular weight is 270 g/mol. The smallest absolute Gasteiger partial charge is 0.175 e. The van der Waals surface area contributed by atoms with Crippen LogP contribution in [0, 0.1) is 0 Å². The highest BCUT2D eigenvalue weighted by Gasteiger charge is 2.10. The summed E-state index contributed by atoms with van der Waals surface area (Å²) in [6.07, 6.45) is 1.59. The largest absolute Gasteiger partial charge is 0.366 e. The van der Waals surface area contributed by atoms with Crippen LogP contribution in [0.4, 0.5) is 5.82 Å². The molecule has 0 bridgehead atoms. The predicted octanol–water partition coefficient (Wildman–Crippen LogP) is 3.46. The van der Waals surface area contributed by atoms with Gasteiger partial charge in [0.05, 0.1) is 10.2 Å². The van der Waals surface area contributed by atoms with Crippen LogP contribution in [0.25, 0.3) is 20.3 Å². The molecule has 0 aliphatic heterocycles. The highest BCUT2D eigenvalue weighted by molar-refractivity contribution is 7.26. The van der Waals surface area contributed by atoms with Crippen LogP contribution < -0.4 is 0 Å². The van der Waals surface area contributed by atoms with E-state index >= 15 is 0 Å². The molecule has 96 valence electrons. The second-order valence-corrected chi connectivity index (χ2v) is 5.58. The van der Waals surface area contributed by atoms with Gasteiger partial charge in [-0.15, -0.1) is 11.3 Å². The Morgan fingerprint density at radius 1 is 1.21 bits per heavy atom. The lowest BCUT2D eigenvalue weighted by atomic mass is 10.2. The maximum absolute atomic E-state index is 4.58. The van der Waals surface area contributed by atoms with Gasteiger partial charge in [-0.3, -0.25) is 0 Å². The van der Waals surface area contributed by atoms with E-state index in [9.17, 15) is 0 Å². The summed E-state index contributed by atoms with van der Waals surface area (Å²) in [5.74, 6) is 1.68. The number of amidine groups is 1. The van der Waals surface area contributed by atoms with E-state index in [1.807, 2.05) is 38.1 Å². The zero-order valence-electron chi connectivity index (χ0n) is 11.1. The van der Waals surface area contributed by atoms with Crippen molar-refractivity contribution < 1.29 is 0 Å². The summed E-state index contributed by atoms with van der Waals surface area (Å²) in [6.45, 7) is 1.97. The van der Waals surface area contributed by atoms with Crippen molar-refractivity contribution in [1.29, 1.82) is 0 Å². The monoisotopic (exact) mass is 270 g/mol. The summed E-state index contributed by atoms with van der Waals surface area (Å²) in [4.78, 5) is 15.3. The number of fused-ring (bicyclic) bond motifs is 3. The Bertz CT molecular complexity index is 773. The Kier molecular flexibility index (Phi) is 2.91. The number of nitrogens with zero attached hydrogens (tertiary/aromatic N) is 4. The summed E-state index contributed by atoms with van der Waals surface area (Å²) in [7, 11) is 3.95. The van der Waals surface area contributed by atoms with Crippen LogP contribution in [0.3, 0.4) is 0 Å². The van der Waals surface area contributed by atoms with Crippen LogP contribution in [0.15, 0.2) is 35.6 Å². The van der Waals surface area contributed by atoms with Crippen LogP contribution in [0.5, 0.6) is 0 Å². The Balaban J connectivity index is 2.29. The third-order valence-corrected chi connectivity index (χ3v) is 4.21. The summed E-state index contributed by atoms with van der Waals surface area (Å²) in [5.41, 5.74) is 0.987. The first-order valence-corrected chi connectivity index (χ1v) is 6.83. The number of thiophene rings is 1. The van der Waals surface area contributed by atoms with Crippen molar-refractivity contribution in [3.05, 3.63) is 30.6 Å². The normalized spacial score (nSPS) is 12.3. The minimum absolute atomic E-state index is 0.748. The van der Waals surface area contributed by atoms with Crippen LogP contribution in [0.2, 0.25) is 0 Å². The SMILES string of the molecule is CC(=Nc1ncnc2c1sc1ccccc12)N(C)C. The summed E-state index contributed by atoms with van der Waals surface area (Å²) in [6, 6.07) is 8.27. The van der Waals surface area contributed by atoms with Crippen LogP contribution in [-0.4, -0.2) is 34.8 Å². The van der Waals surface area contributed by atoms with Crippen molar-refractivity contribution >= 4 is 43.3 Å². The fraction of sp³-hybridized carbons (Fsp3) is 0.214. The van der Waals surface area contributed by atoms with E-state index in [0.717, 1.165) is 21.9 Å². The first-order chi connectivity index (χ1) is 9.16. The van der Waals surface area contributed by atoms with E-state index in [0.29, 0.717) is 0 Å². The molecule has 0 aliphatic rings. The van der Waals surface area contributed by atoms with E-state index in [-0.39, 0.29) is 0 Å². The topological polar surface area (TPSA) is 41.4 Å². The molecule has 2 heterocycles. The average Bonchev–Trinajstić information content (AvgIpc) is 2.78. The Morgan fingerprint density at radius 2 is 2.00 bits per heavy atom. The lowest BCUT2D eigenvalue weighted by Crippen LogP contribution is -2.17. The maximum Gasteiger partial charge on any atom is 0.175 e. The minimum atomic E-state index is 0.748. The van der Waals surface area contributed by atoms with E-state index in [4.69, 9.17) is 0 Å². The van der Waals surface area contributed by atoms with E-state index < -0.39 is 0 Å². The molecule has 0 N–H and O–H groups in total. The van der Waals surface area contributed by atoms with Gasteiger partial charge < -0.3 is 4.90 Å². The number of hydrogen-bond acceptors (Lipinski definition) is 4. The Labute approximate surface area is 115 Å². The number of aliphatic imine (C=N–C) groups is 1. The lowest BCUT2D eigenvalue weighted by Gasteiger charge is -2.10. The van der Waals surface area contributed by atoms with Gasteiger partial charge in [-0.1, -0.05) is 18.2 Å². The van der Waals surface area contributed by atoms with Crippen LogP contribution >= 0.6 is 11.3 Å². The van der Waals surface area contributed by atoms with Crippen molar-refractivity contribution in [1.82, 2.24) is 14.9 Å². The number of benzene rings is 1. The van der Waals surface area contributed by atoms with Gasteiger partial charge in [-0.05, 0) is 13.0 Å². The molecule has 1 aromatic carbocycles. The molecule has 0 amide bonds. The Morgan fingerprint density at radius 3 is 2.79 bits per heavy atom. The van der Waals surface area contributed by atoms with E-state index in [1.165, 1.54) is 10.1 Å². The minimum Gasteiger partial charge on any atom is -0.366 e. The van der Waals surface area contributed by atoms with Crippen molar-refractivity contribution in [2.45, 2.75) is 6.92 Å². The highest BCUT2D eigenvalue weighted by Crippen LogP contribution is 2.36. The van der Waals surface area contributed by atoms with Gasteiger partial charge in [0, 0.05) is 24.2 Å². The first-order valence-electron chi connectivity index (χ1n) is 6.01. The van der Waals surface area contributed by atoms with Gasteiger partial charge in [0.25, 0.3) is 0 Å². The van der Waals surface area contributed by atoms with Crippen molar-refractivity contribution in [2.75, 3.05) is 14.1 Å². The van der Waals surface area contributed by atoms with Crippen LogP contribution in [-0.2, 0) is 0 Å². The van der Waals surface area contributed by atoms with Gasteiger partial charge in [-0.2, -0.15) is 0 Å². The molecule has 0 aliphatic carbocycles. The van der Waals surface area contributed by atoms with Crippen LogP contribution in [0.1, 0.15) is 6.92 Å². The van der Waals surface area contributed by atoms with Gasteiger partial charge in [0.2, 0.25) is 0 Å². The third kappa shape index (κ3) is 2.06. The molecule has 0 saturated carbocycles. The molecular formula is C14H14N4S. The summed E-state index contributed by atoms with van der Waals surface area (Å²) >= 11 is 1.69. The molecule has 2 aromatic heterocycles. The third-order valence-electron chi connectivity index (χ3n) is 3.05. The molecule has 0 atom stereocenters. The van der Waals surface area contributed by atoms with Gasteiger partial charge in [0.15, 0.2) is 5.82 Å². The molecule has 0 radical (unpaired) electrons. The van der Waals surface area contributed by atoms with Crippen molar-refractivity contribution in [2.24, 2.45) is 4.99 Å². The quantitative estimate of drug-likeness (QED) is 0.502. The standard InChI is InChI=1S/C14H14N4S/c1-9(18(2)3)17-14-13-12(15-8-16-14)10-6-4-5-7-11(10)19-13/h4-8H,1-3H3. The highest BCUT2D eigenvalue weighted by atomic mass is 32.1. The number of rotatable bonds is 1. The number of hydrogen-bond donors (Lipinski definition) is 0. The Hall–Kier alpha value is -2.01. The summed E-state index contributed by atoms with van der Waals surface area (Å²) < 4.78 is 2.27. The van der Waals surface area contributed by atoms with Gasteiger partial charge in [0.1, 0.15) is 12.2 Å². The second-order valence-electron chi connectivity index (χ2n) is 4.53. The first kappa shape index (κ1) is 12.0. The van der Waals surface area contributed by atoms with Gasteiger partial charge in [-0.25, -0.2) is 15.0 Å². The molecule has 0 fully saturated rings. The molecular weight excluding hydrogens is 256 g/mol. The molecule has 3 aromatic rings. The van der Waals surface area contributed by atoms with E-state index in [1.54, 1.807) is 17.7 Å². The molecule has 3 rings (SSSR count). The fourth-order valence-electron chi connectivity index (χ4n) is 1.84. The molecule has 19 heavy (non-hydrogen) atoms. The van der Waals surface area contributed by atoms with Crippen molar-refractivity contribution in [3.63, 3.8) is 0 Å². The molecule has 0 saturated heterocycles. The fourth-order valence-corrected chi connectivity index (χ4v) is 2.93. The van der Waals surface area contributed by atoms with Crippen molar-refractivity contribution in [3.8, 4) is 0 Å². The molecule has 0 unspecified atom stereocenters. The summed E-state index contributed by atoms with van der Waals surface area (Å²) in [5, 5.41) is 1.17. The zero-order chi connectivity index (χ0) is 13.4. The van der Waals surface area contributed by atoms with E-state index in [2.05, 4.69) is 27.1 Å². The molecule has 0 spiro atoms. The lowest BCUT2D eigenvalue weighted by molar-refractivity contribution is 0.618. The zero-order valence-corrected chi connectivity index (χ0v) is 11.9. The molecule has 5 heteroatoms. The predicted molar refractivity (Wildman–Crippen MR) is 81.4 cm³/mol. The second kappa shape index (κ2) is 4.59.